The summed E-state index contributed by atoms with van der Waals surface area (Å²) in [6, 6.07) is 7.62. The van der Waals surface area contributed by atoms with Gasteiger partial charge in [-0.05, 0) is 47.4 Å². The zero-order valence-corrected chi connectivity index (χ0v) is 17.4. The third kappa shape index (κ3) is 2.92. The van der Waals surface area contributed by atoms with Crippen LogP contribution in [0, 0.1) is 0 Å². The minimum atomic E-state index is -0.135. The van der Waals surface area contributed by atoms with Gasteiger partial charge in [0.25, 0.3) is 5.56 Å². The van der Waals surface area contributed by atoms with E-state index in [9.17, 15) is 4.79 Å². The number of nitrogens with zero attached hydrogens (tertiary/aromatic N) is 2. The molecule has 31 heavy (non-hydrogen) atoms. The van der Waals surface area contributed by atoms with Gasteiger partial charge in [0.05, 0.1) is 32.4 Å². The van der Waals surface area contributed by atoms with E-state index in [0.29, 0.717) is 29.1 Å². The number of fused-ring (bicyclic) bond motifs is 5. The first kappa shape index (κ1) is 19.1. The molecule has 4 aromatic rings. The number of hydrogen-bond donors (Lipinski definition) is 1. The third-order valence-electron chi connectivity index (χ3n) is 5.90. The number of benzene rings is 1. The van der Waals surface area contributed by atoms with Crippen LogP contribution in [0.4, 0.5) is 0 Å². The van der Waals surface area contributed by atoms with E-state index in [1.807, 2.05) is 24.4 Å². The number of pyridine rings is 3. The van der Waals surface area contributed by atoms with Crippen LogP contribution in [-0.2, 0) is 6.42 Å². The Hall–Kier alpha value is -3.87. The van der Waals surface area contributed by atoms with Crippen molar-refractivity contribution in [3.05, 3.63) is 76.1 Å². The molecular formula is C24H21N3O4. The quantitative estimate of drug-likeness (QED) is 0.547. The van der Waals surface area contributed by atoms with Crippen LogP contribution in [-0.4, -0.2) is 36.3 Å². The average molecular weight is 415 g/mol. The van der Waals surface area contributed by atoms with Crippen molar-refractivity contribution in [1.29, 1.82) is 0 Å². The predicted octanol–water partition coefficient (Wildman–Crippen LogP) is 3.70. The van der Waals surface area contributed by atoms with Crippen LogP contribution in [0.5, 0.6) is 17.2 Å². The number of ether oxygens (including phenoxy) is 3. The second kappa shape index (κ2) is 7.43. The normalized spacial score (nSPS) is 14.6. The topological polar surface area (TPSA) is 86.3 Å². The molecule has 1 unspecified atom stereocenters. The largest absolute Gasteiger partial charge is 0.493 e. The summed E-state index contributed by atoms with van der Waals surface area (Å²) in [4.78, 5) is 24.6. The molecule has 1 aliphatic carbocycles. The number of H-pyrrole nitrogens is 1. The molecule has 0 bridgehead atoms. The highest BCUT2D eigenvalue weighted by atomic mass is 16.5. The van der Waals surface area contributed by atoms with Gasteiger partial charge in [-0.1, -0.05) is 0 Å². The van der Waals surface area contributed by atoms with E-state index in [1.165, 1.54) is 0 Å². The number of nitrogens with one attached hydrogen (secondary N) is 1. The van der Waals surface area contributed by atoms with Gasteiger partial charge >= 0.3 is 0 Å². The molecule has 0 saturated heterocycles. The summed E-state index contributed by atoms with van der Waals surface area (Å²) < 4.78 is 16.7. The summed E-state index contributed by atoms with van der Waals surface area (Å²) in [7, 11) is 4.79. The zero-order chi connectivity index (χ0) is 21.5. The van der Waals surface area contributed by atoms with Gasteiger partial charge < -0.3 is 19.2 Å². The highest BCUT2D eigenvalue weighted by Crippen LogP contribution is 2.47. The molecule has 7 heteroatoms. The molecule has 0 saturated carbocycles. The Morgan fingerprint density at radius 1 is 0.935 bits per heavy atom. The maximum absolute atomic E-state index is 12.8. The Morgan fingerprint density at radius 2 is 1.65 bits per heavy atom. The summed E-state index contributed by atoms with van der Waals surface area (Å²) in [5, 5.41) is 1.45. The Labute approximate surface area is 178 Å². The van der Waals surface area contributed by atoms with Crippen molar-refractivity contribution in [2.45, 2.75) is 12.3 Å². The molecule has 1 N–H and O–H groups in total. The van der Waals surface area contributed by atoms with E-state index in [2.05, 4.69) is 15.0 Å². The molecule has 0 spiro atoms. The fourth-order valence-corrected chi connectivity index (χ4v) is 4.51. The number of aromatic amines is 1. The lowest BCUT2D eigenvalue weighted by Gasteiger charge is -2.29. The lowest BCUT2D eigenvalue weighted by molar-refractivity contribution is 0.323. The lowest BCUT2D eigenvalue weighted by atomic mass is 9.76. The minimum Gasteiger partial charge on any atom is -0.493 e. The molecule has 3 aromatic heterocycles. The van der Waals surface area contributed by atoms with Gasteiger partial charge in [-0.3, -0.25) is 14.8 Å². The molecule has 7 nitrogen and oxygen atoms in total. The Kier molecular flexibility index (Phi) is 4.58. The molecule has 0 fully saturated rings. The van der Waals surface area contributed by atoms with Crippen LogP contribution >= 0.6 is 0 Å². The van der Waals surface area contributed by atoms with Gasteiger partial charge in [0.2, 0.25) is 5.75 Å². The Morgan fingerprint density at radius 3 is 2.35 bits per heavy atom. The zero-order valence-electron chi connectivity index (χ0n) is 17.4. The number of aromatic nitrogens is 3. The van der Waals surface area contributed by atoms with E-state index >= 15 is 0 Å². The molecule has 3 heterocycles. The maximum Gasteiger partial charge on any atom is 0.256 e. The summed E-state index contributed by atoms with van der Waals surface area (Å²) in [6.07, 6.45) is 7.72. The van der Waals surface area contributed by atoms with Gasteiger partial charge in [-0.15, -0.1) is 0 Å². The number of methoxy groups -OCH3 is 3. The van der Waals surface area contributed by atoms with Crippen molar-refractivity contribution in [3.8, 4) is 28.5 Å². The summed E-state index contributed by atoms with van der Waals surface area (Å²) in [6.45, 7) is 0. The summed E-state index contributed by atoms with van der Waals surface area (Å²) >= 11 is 0. The van der Waals surface area contributed by atoms with Crippen molar-refractivity contribution in [2.75, 3.05) is 21.3 Å². The Bertz CT molecular complexity index is 1340. The third-order valence-corrected chi connectivity index (χ3v) is 5.90. The van der Waals surface area contributed by atoms with Crippen LogP contribution in [0.1, 0.15) is 22.6 Å². The molecule has 156 valence electrons. The highest BCUT2D eigenvalue weighted by Gasteiger charge is 2.31. The number of rotatable bonds is 4. The summed E-state index contributed by atoms with van der Waals surface area (Å²) in [5.74, 6) is 1.65. The second-order valence-electron chi connectivity index (χ2n) is 7.41. The van der Waals surface area contributed by atoms with Crippen molar-refractivity contribution in [3.63, 3.8) is 0 Å². The molecule has 0 amide bonds. The second-order valence-corrected chi connectivity index (χ2v) is 7.41. The van der Waals surface area contributed by atoms with Crippen LogP contribution in [0.2, 0.25) is 0 Å². The monoisotopic (exact) mass is 415 g/mol. The fourth-order valence-electron chi connectivity index (χ4n) is 4.51. The van der Waals surface area contributed by atoms with Crippen molar-refractivity contribution in [2.24, 2.45) is 0 Å². The first-order chi connectivity index (χ1) is 15.2. The first-order valence-electron chi connectivity index (χ1n) is 9.89. The smallest absolute Gasteiger partial charge is 0.256 e. The minimum absolute atomic E-state index is 0.0658. The Balaban J connectivity index is 1.84. The van der Waals surface area contributed by atoms with Gasteiger partial charge in [-0.2, -0.15) is 0 Å². The van der Waals surface area contributed by atoms with Gasteiger partial charge in [0.1, 0.15) is 0 Å². The van der Waals surface area contributed by atoms with Crippen molar-refractivity contribution in [1.82, 2.24) is 15.0 Å². The predicted molar refractivity (Wildman–Crippen MR) is 117 cm³/mol. The van der Waals surface area contributed by atoms with E-state index in [1.54, 1.807) is 46.0 Å². The molecule has 0 radical (unpaired) electrons. The molecule has 5 rings (SSSR count). The van der Waals surface area contributed by atoms with Gasteiger partial charge in [-0.25, -0.2) is 0 Å². The van der Waals surface area contributed by atoms with Crippen molar-refractivity contribution >= 4 is 10.8 Å². The van der Waals surface area contributed by atoms with E-state index in [4.69, 9.17) is 14.2 Å². The van der Waals surface area contributed by atoms with Gasteiger partial charge in [0.15, 0.2) is 11.5 Å². The molecule has 1 atom stereocenters. The van der Waals surface area contributed by atoms with E-state index in [0.717, 1.165) is 33.3 Å². The molecule has 1 aromatic carbocycles. The van der Waals surface area contributed by atoms with Gasteiger partial charge in [0, 0.05) is 41.7 Å². The van der Waals surface area contributed by atoms with Crippen molar-refractivity contribution < 1.29 is 14.2 Å². The highest BCUT2D eigenvalue weighted by molar-refractivity contribution is 5.91. The average Bonchev–Trinajstić information content (AvgIpc) is 2.82. The standard InChI is InChI=1S/C24H21N3O4/c1-29-19-9-13(10-20(30-2)23(19)31-3)17-8-14-11-25-6-4-15(14)22-21(17)18-12-26-7-5-16(18)24(28)27-22/h4-7,9-12,17H,8H2,1-3H3,(H,27,28). The summed E-state index contributed by atoms with van der Waals surface area (Å²) in [5.41, 5.74) is 4.72. The molecular weight excluding hydrogens is 394 g/mol. The van der Waals surface area contributed by atoms with Crippen LogP contribution in [0.25, 0.3) is 22.0 Å². The SMILES string of the molecule is COc1cc(C2Cc3cnccc3-c3[nH]c(=O)c4ccncc4c32)cc(OC)c1OC. The maximum atomic E-state index is 12.8. The fraction of sp³-hybridized carbons (Fsp3) is 0.208. The number of hydrogen-bond acceptors (Lipinski definition) is 6. The van der Waals surface area contributed by atoms with Crippen LogP contribution < -0.4 is 19.8 Å². The lowest BCUT2D eigenvalue weighted by Crippen LogP contribution is -2.20. The van der Waals surface area contributed by atoms with E-state index in [-0.39, 0.29) is 11.5 Å². The van der Waals surface area contributed by atoms with Crippen LogP contribution in [0.3, 0.4) is 0 Å². The first-order valence-corrected chi connectivity index (χ1v) is 9.89. The molecule has 1 aliphatic rings. The van der Waals surface area contributed by atoms with Crippen LogP contribution in [0.15, 0.2) is 53.8 Å². The molecule has 0 aliphatic heterocycles. The van der Waals surface area contributed by atoms with E-state index < -0.39 is 0 Å².